The summed E-state index contributed by atoms with van der Waals surface area (Å²) in [5.74, 6) is 0.524. The van der Waals surface area contributed by atoms with Gasteiger partial charge in [-0.1, -0.05) is 18.9 Å². The van der Waals surface area contributed by atoms with Gasteiger partial charge in [0.2, 0.25) is 5.89 Å². The minimum absolute atomic E-state index is 0.116. The fourth-order valence-corrected chi connectivity index (χ4v) is 0.629. The van der Waals surface area contributed by atoms with Crippen LogP contribution in [0.1, 0.15) is 19.7 Å². The largest absolute Gasteiger partial charge is 0.407 e. The van der Waals surface area contributed by atoms with E-state index in [1.54, 1.807) is 0 Å². The van der Waals surface area contributed by atoms with Crippen LogP contribution in [0.2, 0.25) is 0 Å². The Balaban J connectivity index is 2.39. The molecule has 3 N–H and O–H groups in total. The Morgan fingerprint density at radius 3 is 2.73 bits per heavy atom. The molecular formula is C6H12N4O. The molecule has 0 bridgehead atoms. The summed E-state index contributed by atoms with van der Waals surface area (Å²) in [6, 6.07) is 0.522. The average Bonchev–Trinajstić information content (AvgIpc) is 2.31. The zero-order valence-corrected chi connectivity index (χ0v) is 6.66. The number of aromatic nitrogens is 2. The van der Waals surface area contributed by atoms with Gasteiger partial charge in [-0.15, -0.1) is 5.10 Å². The Morgan fingerprint density at radius 2 is 2.27 bits per heavy atom. The topological polar surface area (TPSA) is 77.0 Å². The summed E-state index contributed by atoms with van der Waals surface area (Å²) in [4.78, 5) is 0. The van der Waals surface area contributed by atoms with Gasteiger partial charge in [0.15, 0.2) is 0 Å². The van der Waals surface area contributed by atoms with Crippen LogP contribution in [0.5, 0.6) is 0 Å². The molecule has 0 aromatic carbocycles. The highest BCUT2D eigenvalue weighted by molar-refractivity contribution is 5.04. The summed E-state index contributed by atoms with van der Waals surface area (Å²) < 4.78 is 4.93. The van der Waals surface area contributed by atoms with Crippen LogP contribution in [0.4, 0.5) is 6.01 Å². The van der Waals surface area contributed by atoms with Gasteiger partial charge in [0.05, 0.1) is 6.54 Å². The molecule has 0 aliphatic rings. The molecule has 1 heterocycles. The molecule has 0 atom stereocenters. The van der Waals surface area contributed by atoms with Crippen molar-refractivity contribution >= 4 is 6.01 Å². The number of nitrogens with two attached hydrogens (primary N) is 1. The van der Waals surface area contributed by atoms with E-state index in [1.807, 2.05) is 13.8 Å². The van der Waals surface area contributed by atoms with Crippen LogP contribution in [0, 0.1) is 0 Å². The Morgan fingerprint density at radius 1 is 1.55 bits per heavy atom. The van der Waals surface area contributed by atoms with E-state index in [-0.39, 0.29) is 6.01 Å². The number of nitrogen functional groups attached to an aromatic ring is 1. The summed E-state index contributed by atoms with van der Waals surface area (Å²) in [6.07, 6.45) is 0. The lowest BCUT2D eigenvalue weighted by molar-refractivity contribution is 0.461. The first-order valence-corrected chi connectivity index (χ1v) is 3.49. The normalized spacial score (nSPS) is 10.8. The Labute approximate surface area is 65.0 Å². The molecule has 0 saturated heterocycles. The molecule has 1 aromatic heterocycles. The highest BCUT2D eigenvalue weighted by Gasteiger charge is 2.01. The third-order valence-corrected chi connectivity index (χ3v) is 1.14. The lowest BCUT2D eigenvalue weighted by atomic mass is 10.4. The predicted octanol–water partition coefficient (Wildman–Crippen LogP) is 0.150. The van der Waals surface area contributed by atoms with Crippen molar-refractivity contribution in [1.82, 2.24) is 15.5 Å². The fraction of sp³-hybridized carbons (Fsp3) is 0.667. The van der Waals surface area contributed by atoms with Crippen LogP contribution in [-0.4, -0.2) is 16.2 Å². The van der Waals surface area contributed by atoms with E-state index in [1.165, 1.54) is 0 Å². The maximum absolute atomic E-state index is 5.22. The van der Waals surface area contributed by atoms with E-state index >= 15 is 0 Å². The molecular weight excluding hydrogens is 144 g/mol. The molecule has 1 rings (SSSR count). The van der Waals surface area contributed by atoms with Gasteiger partial charge in [-0.25, -0.2) is 0 Å². The van der Waals surface area contributed by atoms with Crippen LogP contribution >= 0.6 is 0 Å². The van der Waals surface area contributed by atoms with Crippen molar-refractivity contribution in [1.29, 1.82) is 0 Å². The number of nitrogens with zero attached hydrogens (tertiary/aromatic N) is 2. The van der Waals surface area contributed by atoms with Crippen LogP contribution in [0.25, 0.3) is 0 Å². The summed E-state index contributed by atoms with van der Waals surface area (Å²) in [5.41, 5.74) is 5.22. The average molecular weight is 156 g/mol. The second-order valence-electron chi connectivity index (χ2n) is 2.57. The van der Waals surface area contributed by atoms with E-state index in [0.717, 1.165) is 0 Å². The molecule has 11 heavy (non-hydrogen) atoms. The smallest absolute Gasteiger partial charge is 0.312 e. The highest BCUT2D eigenvalue weighted by atomic mass is 16.4. The van der Waals surface area contributed by atoms with Crippen LogP contribution in [-0.2, 0) is 6.54 Å². The van der Waals surface area contributed by atoms with Crippen molar-refractivity contribution in [3.63, 3.8) is 0 Å². The van der Waals surface area contributed by atoms with Crippen molar-refractivity contribution in [3.05, 3.63) is 5.89 Å². The van der Waals surface area contributed by atoms with Gasteiger partial charge in [0.25, 0.3) is 0 Å². The monoisotopic (exact) mass is 156 g/mol. The number of hydrogen-bond acceptors (Lipinski definition) is 5. The molecule has 62 valence electrons. The van der Waals surface area contributed by atoms with Crippen LogP contribution in [0.3, 0.4) is 0 Å². The quantitative estimate of drug-likeness (QED) is 0.651. The summed E-state index contributed by atoms with van der Waals surface area (Å²) in [7, 11) is 0. The van der Waals surface area contributed by atoms with E-state index in [9.17, 15) is 0 Å². The number of rotatable bonds is 3. The van der Waals surface area contributed by atoms with Gasteiger partial charge < -0.3 is 15.5 Å². The van der Waals surface area contributed by atoms with Gasteiger partial charge in [0, 0.05) is 6.04 Å². The minimum Gasteiger partial charge on any atom is -0.407 e. The number of hydrogen-bond donors (Lipinski definition) is 2. The number of nitrogens with one attached hydrogen (secondary N) is 1. The second kappa shape index (κ2) is 3.34. The maximum Gasteiger partial charge on any atom is 0.312 e. The Kier molecular flexibility index (Phi) is 2.43. The lowest BCUT2D eigenvalue weighted by Gasteiger charge is -2.02. The summed E-state index contributed by atoms with van der Waals surface area (Å²) >= 11 is 0. The molecule has 0 aliphatic heterocycles. The van der Waals surface area contributed by atoms with Crippen molar-refractivity contribution in [2.45, 2.75) is 26.4 Å². The molecule has 5 nitrogen and oxygen atoms in total. The Hall–Kier alpha value is -1.10. The molecule has 0 fully saturated rings. The van der Waals surface area contributed by atoms with E-state index in [0.29, 0.717) is 18.5 Å². The second-order valence-corrected chi connectivity index (χ2v) is 2.57. The lowest BCUT2D eigenvalue weighted by Crippen LogP contribution is -2.21. The van der Waals surface area contributed by atoms with Crippen molar-refractivity contribution < 1.29 is 4.42 Å². The third kappa shape index (κ3) is 2.55. The highest BCUT2D eigenvalue weighted by Crippen LogP contribution is 1.99. The molecule has 1 aromatic rings. The first-order chi connectivity index (χ1) is 5.18. The van der Waals surface area contributed by atoms with E-state index in [2.05, 4.69) is 15.5 Å². The predicted molar refractivity (Wildman–Crippen MR) is 40.7 cm³/mol. The van der Waals surface area contributed by atoms with Gasteiger partial charge in [0.1, 0.15) is 0 Å². The molecule has 0 unspecified atom stereocenters. The zero-order chi connectivity index (χ0) is 8.27. The van der Waals surface area contributed by atoms with Crippen LogP contribution < -0.4 is 11.1 Å². The first kappa shape index (κ1) is 8.00. The fourth-order valence-electron chi connectivity index (χ4n) is 0.629. The van der Waals surface area contributed by atoms with E-state index in [4.69, 9.17) is 10.2 Å². The summed E-state index contributed by atoms with van der Waals surface area (Å²) in [5, 5.41) is 10.3. The number of anilines is 1. The van der Waals surface area contributed by atoms with Crippen molar-refractivity contribution in [2.75, 3.05) is 5.73 Å². The SMILES string of the molecule is CC(C)NCc1nnc(N)o1. The first-order valence-electron chi connectivity index (χ1n) is 3.49. The maximum atomic E-state index is 5.22. The molecule has 0 saturated carbocycles. The molecule has 0 radical (unpaired) electrons. The molecule has 0 spiro atoms. The minimum atomic E-state index is 0.116. The van der Waals surface area contributed by atoms with Gasteiger partial charge >= 0.3 is 6.01 Å². The standard InChI is InChI=1S/C6H12N4O/c1-4(2)8-3-5-9-10-6(7)11-5/h4,8H,3H2,1-2H3,(H2,7,10). The van der Waals surface area contributed by atoms with Crippen molar-refractivity contribution in [3.8, 4) is 0 Å². The molecule has 0 aliphatic carbocycles. The summed E-state index contributed by atoms with van der Waals surface area (Å²) in [6.45, 7) is 4.65. The molecule has 0 amide bonds. The van der Waals surface area contributed by atoms with E-state index < -0.39 is 0 Å². The van der Waals surface area contributed by atoms with Gasteiger partial charge in [-0.05, 0) is 0 Å². The van der Waals surface area contributed by atoms with Crippen LogP contribution in [0.15, 0.2) is 4.42 Å². The molecule has 5 heteroatoms. The van der Waals surface area contributed by atoms with Crippen molar-refractivity contribution in [2.24, 2.45) is 0 Å². The van der Waals surface area contributed by atoms with Gasteiger partial charge in [-0.2, -0.15) is 0 Å². The third-order valence-electron chi connectivity index (χ3n) is 1.14. The van der Waals surface area contributed by atoms with Gasteiger partial charge in [-0.3, -0.25) is 0 Å². The zero-order valence-electron chi connectivity index (χ0n) is 6.66. The Bertz CT molecular complexity index is 220.